The molecule has 3 heteroatoms. The van der Waals surface area contributed by atoms with E-state index >= 15 is 0 Å². The van der Waals surface area contributed by atoms with E-state index in [9.17, 15) is 0 Å². The van der Waals surface area contributed by atoms with Crippen molar-refractivity contribution in [2.24, 2.45) is 0 Å². The summed E-state index contributed by atoms with van der Waals surface area (Å²) < 4.78 is 0. The van der Waals surface area contributed by atoms with Gasteiger partial charge in [0.2, 0.25) is 0 Å². The molecule has 0 bridgehead atoms. The summed E-state index contributed by atoms with van der Waals surface area (Å²) in [6, 6.07) is 0. The van der Waals surface area contributed by atoms with Crippen LogP contribution in [-0.4, -0.2) is 24.9 Å². The van der Waals surface area contributed by atoms with Gasteiger partial charge in [-0.1, -0.05) is 64.7 Å². The van der Waals surface area contributed by atoms with Crippen LogP contribution in [-0.2, 0) is 4.84 Å². The van der Waals surface area contributed by atoms with Crippen molar-refractivity contribution in [1.29, 1.82) is 0 Å². The van der Waals surface area contributed by atoms with Crippen LogP contribution in [0, 0.1) is 0 Å². The van der Waals surface area contributed by atoms with Crippen LogP contribution in [0.3, 0.4) is 0 Å². The lowest BCUT2D eigenvalue weighted by Crippen LogP contribution is -2.18. The number of unbranched alkanes of at least 4 members (excludes halogenated alkanes) is 9. The summed E-state index contributed by atoms with van der Waals surface area (Å²) in [6.07, 6.45) is 13.6. The van der Waals surface area contributed by atoms with Crippen LogP contribution in [0.15, 0.2) is 0 Å². The second-order valence-corrected chi connectivity index (χ2v) is 4.65. The topological polar surface area (TPSA) is 41.5 Å². The van der Waals surface area contributed by atoms with E-state index in [1.807, 2.05) is 0 Å². The van der Waals surface area contributed by atoms with Gasteiger partial charge < -0.3 is 5.11 Å². The number of hydrogen-bond acceptors (Lipinski definition) is 3. The highest BCUT2D eigenvalue weighted by Crippen LogP contribution is 2.10. The van der Waals surface area contributed by atoms with Crippen LogP contribution in [0.1, 0.15) is 71.1 Å². The zero-order valence-corrected chi connectivity index (χ0v) is 11.5. The molecule has 0 fully saturated rings. The van der Waals surface area contributed by atoms with Gasteiger partial charge in [0.1, 0.15) is 0 Å². The van der Waals surface area contributed by atoms with E-state index in [4.69, 9.17) is 9.94 Å². The van der Waals surface area contributed by atoms with Crippen LogP contribution in [0.2, 0.25) is 0 Å². The van der Waals surface area contributed by atoms with Crippen molar-refractivity contribution >= 4 is 0 Å². The average Bonchev–Trinajstić information content (AvgIpc) is 2.35. The van der Waals surface area contributed by atoms with Crippen LogP contribution in [0.5, 0.6) is 0 Å². The lowest BCUT2D eigenvalue weighted by atomic mass is 10.1. The Balaban J connectivity index is 2.85. The molecule has 0 radical (unpaired) electrons. The predicted molar refractivity (Wildman–Crippen MR) is 72.9 cm³/mol. The quantitative estimate of drug-likeness (QED) is 0.364. The number of hydroxylamine groups is 1. The van der Waals surface area contributed by atoms with Gasteiger partial charge >= 0.3 is 0 Å². The van der Waals surface area contributed by atoms with Crippen molar-refractivity contribution in [2.45, 2.75) is 71.1 Å². The maximum absolute atomic E-state index is 8.48. The van der Waals surface area contributed by atoms with Gasteiger partial charge in [0.25, 0.3) is 0 Å². The summed E-state index contributed by atoms with van der Waals surface area (Å²) >= 11 is 0. The minimum absolute atomic E-state index is 0.0883. The van der Waals surface area contributed by atoms with Crippen LogP contribution >= 0.6 is 0 Å². The van der Waals surface area contributed by atoms with Crippen LogP contribution in [0.4, 0.5) is 0 Å². The molecule has 0 aliphatic heterocycles. The molecule has 0 amide bonds. The lowest BCUT2D eigenvalue weighted by Gasteiger charge is -2.04. The molecule has 0 aliphatic carbocycles. The average molecular weight is 245 g/mol. The number of aliphatic hydroxyl groups excluding tert-OH is 1. The fourth-order valence-electron chi connectivity index (χ4n) is 1.87. The maximum atomic E-state index is 8.48. The first kappa shape index (κ1) is 16.9. The Morgan fingerprint density at radius 2 is 1.35 bits per heavy atom. The molecule has 0 aliphatic rings. The molecule has 0 aromatic heterocycles. The molecule has 0 saturated carbocycles. The highest BCUT2D eigenvalue weighted by Gasteiger charge is 1.92. The summed E-state index contributed by atoms with van der Waals surface area (Å²) in [7, 11) is 0. The van der Waals surface area contributed by atoms with E-state index in [0.29, 0.717) is 6.61 Å². The first-order chi connectivity index (χ1) is 8.41. The van der Waals surface area contributed by atoms with Gasteiger partial charge in [-0.15, -0.1) is 0 Å². The standard InChI is InChI=1S/C14H31NO2/c1-2-3-4-5-6-7-8-9-10-11-12-15-17-14-13-16/h15-16H,2-14H2,1H3. The molecule has 0 spiro atoms. The second kappa shape index (κ2) is 15.9. The van der Waals surface area contributed by atoms with Crippen molar-refractivity contribution in [3.8, 4) is 0 Å². The number of aliphatic hydroxyl groups is 1. The van der Waals surface area contributed by atoms with Crippen molar-refractivity contribution in [2.75, 3.05) is 19.8 Å². The predicted octanol–water partition coefficient (Wildman–Crippen LogP) is 3.42. The van der Waals surface area contributed by atoms with Gasteiger partial charge in [-0.05, 0) is 6.42 Å². The zero-order chi connectivity index (χ0) is 12.6. The molecule has 2 N–H and O–H groups in total. The van der Waals surface area contributed by atoms with E-state index in [2.05, 4.69) is 12.4 Å². The smallest absolute Gasteiger partial charge is 0.0913 e. The molecule has 104 valence electrons. The van der Waals surface area contributed by atoms with Crippen molar-refractivity contribution in [3.05, 3.63) is 0 Å². The molecular formula is C14H31NO2. The van der Waals surface area contributed by atoms with E-state index in [1.54, 1.807) is 0 Å². The fraction of sp³-hybridized carbons (Fsp3) is 1.00. The Morgan fingerprint density at radius 1 is 0.824 bits per heavy atom. The third-order valence-electron chi connectivity index (χ3n) is 2.93. The summed E-state index contributed by atoms with van der Waals surface area (Å²) in [4.78, 5) is 4.97. The molecule has 0 rings (SSSR count). The Hall–Kier alpha value is -0.120. The summed E-state index contributed by atoms with van der Waals surface area (Å²) in [6.45, 7) is 3.64. The zero-order valence-electron chi connectivity index (χ0n) is 11.5. The van der Waals surface area contributed by atoms with Crippen molar-refractivity contribution in [3.63, 3.8) is 0 Å². The van der Waals surface area contributed by atoms with Gasteiger partial charge in [0.15, 0.2) is 0 Å². The molecule has 0 atom stereocenters. The Morgan fingerprint density at radius 3 is 1.88 bits per heavy atom. The number of nitrogens with one attached hydrogen (secondary N) is 1. The van der Waals surface area contributed by atoms with Crippen LogP contribution in [0.25, 0.3) is 0 Å². The van der Waals surface area contributed by atoms with Crippen molar-refractivity contribution < 1.29 is 9.94 Å². The van der Waals surface area contributed by atoms with Gasteiger partial charge in [-0.3, -0.25) is 4.84 Å². The number of hydrogen-bond donors (Lipinski definition) is 2. The highest BCUT2D eigenvalue weighted by molar-refractivity contribution is 4.47. The molecule has 17 heavy (non-hydrogen) atoms. The maximum Gasteiger partial charge on any atom is 0.0913 e. The Kier molecular flexibility index (Phi) is 15.8. The molecule has 0 unspecified atom stereocenters. The van der Waals surface area contributed by atoms with Gasteiger partial charge in [-0.25, -0.2) is 5.48 Å². The molecule has 0 aromatic carbocycles. The Labute approximate surface area is 107 Å². The summed E-state index contributed by atoms with van der Waals surface area (Å²) in [5, 5.41) is 8.48. The third kappa shape index (κ3) is 15.9. The highest BCUT2D eigenvalue weighted by atomic mass is 16.6. The molecule has 0 aromatic rings. The largest absolute Gasteiger partial charge is 0.394 e. The van der Waals surface area contributed by atoms with E-state index in [-0.39, 0.29) is 6.61 Å². The normalized spacial score (nSPS) is 10.9. The molecule has 0 heterocycles. The monoisotopic (exact) mass is 245 g/mol. The Bertz CT molecular complexity index is 117. The van der Waals surface area contributed by atoms with Crippen LogP contribution < -0.4 is 5.48 Å². The first-order valence-electron chi connectivity index (χ1n) is 7.37. The van der Waals surface area contributed by atoms with Gasteiger partial charge in [0, 0.05) is 6.54 Å². The molecular weight excluding hydrogens is 214 g/mol. The second-order valence-electron chi connectivity index (χ2n) is 4.65. The molecule has 3 nitrogen and oxygen atoms in total. The SMILES string of the molecule is CCCCCCCCCCCCNOCCO. The summed E-state index contributed by atoms with van der Waals surface area (Å²) in [5.41, 5.74) is 2.85. The molecule has 0 saturated heterocycles. The van der Waals surface area contributed by atoms with Gasteiger partial charge in [0.05, 0.1) is 13.2 Å². The number of rotatable bonds is 14. The minimum Gasteiger partial charge on any atom is -0.394 e. The first-order valence-corrected chi connectivity index (χ1v) is 7.37. The van der Waals surface area contributed by atoms with E-state index < -0.39 is 0 Å². The van der Waals surface area contributed by atoms with Gasteiger partial charge in [-0.2, -0.15) is 0 Å². The van der Waals surface area contributed by atoms with Crippen molar-refractivity contribution in [1.82, 2.24) is 5.48 Å². The van der Waals surface area contributed by atoms with E-state index in [1.165, 1.54) is 64.2 Å². The summed E-state index contributed by atoms with van der Waals surface area (Å²) in [5.74, 6) is 0. The third-order valence-corrected chi connectivity index (χ3v) is 2.93. The minimum atomic E-state index is 0.0883. The lowest BCUT2D eigenvalue weighted by molar-refractivity contribution is 0.0170. The fourth-order valence-corrected chi connectivity index (χ4v) is 1.87. The van der Waals surface area contributed by atoms with E-state index in [0.717, 1.165) is 6.54 Å².